The number of rotatable bonds is 2. The third-order valence-electron chi connectivity index (χ3n) is 1.44. The monoisotopic (exact) mass is 247 g/mol. The van der Waals surface area contributed by atoms with Crippen molar-refractivity contribution in [1.82, 2.24) is 0 Å². The predicted octanol–water partition coefficient (Wildman–Crippen LogP) is 2.40. The first kappa shape index (κ1) is 9.98. The number of ether oxygens (including phenoxy) is 1. The van der Waals surface area contributed by atoms with Crippen LogP contribution >= 0.6 is 15.9 Å². The smallest absolute Gasteiger partial charge is 0.142 e. The molecule has 0 heterocycles. The van der Waals surface area contributed by atoms with Gasteiger partial charge in [-0.2, -0.15) is 0 Å². The minimum absolute atomic E-state index is 0.372. The summed E-state index contributed by atoms with van der Waals surface area (Å²) in [6.45, 7) is 0. The van der Waals surface area contributed by atoms with Crippen LogP contribution in [0.4, 0.5) is 4.39 Å². The average Bonchev–Trinajstić information content (AvgIpc) is 2.04. The average molecular weight is 248 g/mol. The van der Waals surface area contributed by atoms with E-state index in [0.717, 1.165) is 6.21 Å². The molecule has 0 fully saturated rings. The van der Waals surface area contributed by atoms with Crippen molar-refractivity contribution in [2.45, 2.75) is 0 Å². The lowest BCUT2D eigenvalue weighted by molar-refractivity contribution is 0.321. The van der Waals surface area contributed by atoms with Gasteiger partial charge >= 0.3 is 0 Å². The maximum Gasteiger partial charge on any atom is 0.142 e. The number of hydrogen-bond donors (Lipinski definition) is 1. The number of benzene rings is 1. The SMILES string of the molecule is COc1c(Br)cc(F)cc1C=NO. The fourth-order valence-corrected chi connectivity index (χ4v) is 1.56. The number of hydrogen-bond acceptors (Lipinski definition) is 3. The summed E-state index contributed by atoms with van der Waals surface area (Å²) in [7, 11) is 1.45. The highest BCUT2D eigenvalue weighted by molar-refractivity contribution is 9.10. The maximum absolute atomic E-state index is 12.8. The van der Waals surface area contributed by atoms with Crippen LogP contribution in [0, 0.1) is 5.82 Å². The maximum atomic E-state index is 12.8. The molecule has 1 N–H and O–H groups in total. The Labute approximate surface area is 83.0 Å². The van der Waals surface area contributed by atoms with Gasteiger partial charge < -0.3 is 9.94 Å². The van der Waals surface area contributed by atoms with Crippen molar-refractivity contribution in [3.8, 4) is 5.75 Å². The summed E-state index contributed by atoms with van der Waals surface area (Å²) in [5.41, 5.74) is 0.372. The van der Waals surface area contributed by atoms with Crippen LogP contribution in [0.15, 0.2) is 21.8 Å². The Morgan fingerprint density at radius 3 is 2.85 bits per heavy atom. The van der Waals surface area contributed by atoms with Gasteiger partial charge in [0.25, 0.3) is 0 Å². The quantitative estimate of drug-likeness (QED) is 0.496. The van der Waals surface area contributed by atoms with E-state index in [2.05, 4.69) is 21.1 Å². The lowest BCUT2D eigenvalue weighted by atomic mass is 10.2. The van der Waals surface area contributed by atoms with Crippen molar-refractivity contribution in [3.63, 3.8) is 0 Å². The molecule has 0 atom stereocenters. The molecule has 70 valence electrons. The molecule has 0 saturated carbocycles. The largest absolute Gasteiger partial charge is 0.495 e. The summed E-state index contributed by atoms with van der Waals surface area (Å²) in [6, 6.07) is 2.48. The minimum atomic E-state index is -0.428. The van der Waals surface area contributed by atoms with Gasteiger partial charge in [-0.3, -0.25) is 0 Å². The van der Waals surface area contributed by atoms with Crippen molar-refractivity contribution in [1.29, 1.82) is 0 Å². The molecule has 0 saturated heterocycles. The normalized spacial score (nSPS) is 10.7. The molecule has 1 aromatic rings. The molecule has 0 aliphatic carbocycles. The van der Waals surface area contributed by atoms with Gasteiger partial charge in [-0.05, 0) is 28.1 Å². The Bertz CT molecular complexity index is 341. The molecular weight excluding hydrogens is 241 g/mol. The molecule has 3 nitrogen and oxygen atoms in total. The molecule has 0 aliphatic rings. The van der Waals surface area contributed by atoms with Crippen LogP contribution < -0.4 is 4.74 Å². The molecule has 0 aromatic heterocycles. The van der Waals surface area contributed by atoms with Crippen LogP contribution in [-0.2, 0) is 0 Å². The molecule has 13 heavy (non-hydrogen) atoms. The second-order valence-corrected chi connectivity index (χ2v) is 3.11. The van der Waals surface area contributed by atoms with E-state index in [0.29, 0.717) is 15.8 Å². The van der Waals surface area contributed by atoms with Crippen molar-refractivity contribution in [3.05, 3.63) is 28.0 Å². The fraction of sp³-hybridized carbons (Fsp3) is 0.125. The highest BCUT2D eigenvalue weighted by atomic mass is 79.9. The molecule has 1 rings (SSSR count). The highest BCUT2D eigenvalue weighted by Crippen LogP contribution is 2.28. The Hall–Kier alpha value is -1.10. The van der Waals surface area contributed by atoms with Gasteiger partial charge in [-0.25, -0.2) is 4.39 Å². The number of halogens is 2. The van der Waals surface area contributed by atoms with E-state index in [-0.39, 0.29) is 0 Å². The van der Waals surface area contributed by atoms with Crippen LogP contribution in [-0.4, -0.2) is 18.5 Å². The number of methoxy groups -OCH3 is 1. The summed E-state index contributed by atoms with van der Waals surface area (Å²) in [5.74, 6) is 0.00164. The first-order valence-corrected chi connectivity index (χ1v) is 4.18. The minimum Gasteiger partial charge on any atom is -0.495 e. The molecule has 0 bridgehead atoms. The van der Waals surface area contributed by atoms with Gasteiger partial charge in [0.15, 0.2) is 0 Å². The molecule has 0 radical (unpaired) electrons. The lowest BCUT2D eigenvalue weighted by Crippen LogP contribution is -1.93. The summed E-state index contributed by atoms with van der Waals surface area (Å²) in [6.07, 6.45) is 1.10. The number of oxime groups is 1. The van der Waals surface area contributed by atoms with Crippen molar-refractivity contribution < 1.29 is 14.3 Å². The van der Waals surface area contributed by atoms with Crippen LogP contribution in [0.5, 0.6) is 5.75 Å². The second kappa shape index (κ2) is 4.23. The van der Waals surface area contributed by atoms with Crippen LogP contribution in [0.25, 0.3) is 0 Å². The molecule has 1 aromatic carbocycles. The lowest BCUT2D eigenvalue weighted by Gasteiger charge is -2.06. The Morgan fingerprint density at radius 1 is 1.62 bits per heavy atom. The Kier molecular flexibility index (Phi) is 3.25. The van der Waals surface area contributed by atoms with E-state index in [4.69, 9.17) is 9.94 Å². The Balaban J connectivity index is 3.29. The standard InChI is InChI=1S/C8H7BrFNO2/c1-13-8-5(4-11-12)2-6(10)3-7(8)9/h2-4,12H,1H3. The van der Waals surface area contributed by atoms with E-state index in [9.17, 15) is 4.39 Å². The van der Waals surface area contributed by atoms with Crippen LogP contribution in [0.3, 0.4) is 0 Å². The van der Waals surface area contributed by atoms with E-state index in [1.54, 1.807) is 0 Å². The van der Waals surface area contributed by atoms with Gasteiger partial charge in [0.1, 0.15) is 11.6 Å². The summed E-state index contributed by atoms with van der Waals surface area (Å²) in [5, 5.41) is 11.1. The second-order valence-electron chi connectivity index (χ2n) is 2.25. The van der Waals surface area contributed by atoms with E-state index >= 15 is 0 Å². The zero-order valence-electron chi connectivity index (χ0n) is 6.79. The van der Waals surface area contributed by atoms with Gasteiger partial charge in [0, 0.05) is 5.56 Å². The van der Waals surface area contributed by atoms with Gasteiger partial charge in [-0.1, -0.05) is 5.16 Å². The fourth-order valence-electron chi connectivity index (χ4n) is 0.954. The number of nitrogens with zero attached hydrogens (tertiary/aromatic N) is 1. The molecule has 0 spiro atoms. The third kappa shape index (κ3) is 2.18. The summed E-state index contributed by atoms with van der Waals surface area (Å²) < 4.78 is 18.3. The van der Waals surface area contributed by atoms with Crippen LogP contribution in [0.2, 0.25) is 0 Å². The van der Waals surface area contributed by atoms with Crippen molar-refractivity contribution in [2.24, 2.45) is 5.16 Å². The highest BCUT2D eigenvalue weighted by Gasteiger charge is 2.08. The van der Waals surface area contributed by atoms with E-state index in [1.165, 1.54) is 19.2 Å². The predicted molar refractivity (Wildman–Crippen MR) is 50.0 cm³/mol. The van der Waals surface area contributed by atoms with Gasteiger partial charge in [0.05, 0.1) is 17.8 Å². The molecule has 0 unspecified atom stereocenters. The molecule has 0 aliphatic heterocycles. The van der Waals surface area contributed by atoms with Crippen molar-refractivity contribution in [2.75, 3.05) is 7.11 Å². The molecule has 5 heteroatoms. The van der Waals surface area contributed by atoms with Gasteiger partial charge in [-0.15, -0.1) is 0 Å². The van der Waals surface area contributed by atoms with E-state index in [1.807, 2.05) is 0 Å². The topological polar surface area (TPSA) is 41.8 Å². The Morgan fingerprint density at radius 2 is 2.31 bits per heavy atom. The first-order valence-electron chi connectivity index (χ1n) is 3.39. The van der Waals surface area contributed by atoms with Gasteiger partial charge in [0.2, 0.25) is 0 Å². The summed E-state index contributed by atoms with van der Waals surface area (Å²) in [4.78, 5) is 0. The zero-order chi connectivity index (χ0) is 9.84. The van der Waals surface area contributed by atoms with Crippen LogP contribution in [0.1, 0.15) is 5.56 Å². The van der Waals surface area contributed by atoms with Crippen molar-refractivity contribution >= 4 is 22.1 Å². The third-order valence-corrected chi connectivity index (χ3v) is 2.03. The summed E-state index contributed by atoms with van der Waals surface area (Å²) >= 11 is 3.12. The molecular formula is C8H7BrFNO2. The first-order chi connectivity index (χ1) is 6.19. The zero-order valence-corrected chi connectivity index (χ0v) is 8.38. The van der Waals surface area contributed by atoms with E-state index < -0.39 is 5.82 Å². The molecule has 0 amide bonds.